The first kappa shape index (κ1) is 19.3. The lowest BCUT2D eigenvalue weighted by Crippen LogP contribution is -2.38. The van der Waals surface area contributed by atoms with Gasteiger partial charge >= 0.3 is 5.69 Å². The zero-order chi connectivity index (χ0) is 19.3. The summed E-state index contributed by atoms with van der Waals surface area (Å²) in [6.07, 6.45) is 1.76. The predicted molar refractivity (Wildman–Crippen MR) is 98.4 cm³/mol. The van der Waals surface area contributed by atoms with Gasteiger partial charge in [-0.2, -0.15) is 0 Å². The molecule has 0 aliphatic rings. The van der Waals surface area contributed by atoms with Crippen molar-refractivity contribution in [2.45, 2.75) is 39.7 Å². The number of amides is 1. The molecule has 26 heavy (non-hydrogen) atoms. The van der Waals surface area contributed by atoms with Gasteiger partial charge < -0.3 is 20.5 Å². The third kappa shape index (κ3) is 4.52. The molecule has 0 radical (unpaired) electrons. The Morgan fingerprint density at radius 2 is 2.19 bits per heavy atom. The standard InChI is InChI=1S/C16H24N6O4/c1-4-5-7-22-14(17)13(15(24)19-16(22)25)21(3)8-6-12(23)18-11-9-10(2)26-20-11/h9H,4-8,17H2,1-3H3,(H,18,20,23)(H,19,24,25). The van der Waals surface area contributed by atoms with Crippen LogP contribution in [0.15, 0.2) is 20.2 Å². The lowest BCUT2D eigenvalue weighted by Gasteiger charge is -2.21. The van der Waals surface area contributed by atoms with Gasteiger partial charge in [-0.3, -0.25) is 19.1 Å². The van der Waals surface area contributed by atoms with E-state index in [-0.39, 0.29) is 30.4 Å². The summed E-state index contributed by atoms with van der Waals surface area (Å²) in [6.45, 7) is 4.38. The maximum absolute atomic E-state index is 12.2. The molecule has 1 amide bonds. The Balaban J connectivity index is 2.08. The number of aromatic nitrogens is 3. The predicted octanol–water partition coefficient (Wildman–Crippen LogP) is 0.680. The summed E-state index contributed by atoms with van der Waals surface area (Å²) in [6, 6.07) is 1.61. The van der Waals surface area contributed by atoms with Crippen LogP contribution in [-0.2, 0) is 11.3 Å². The average Bonchev–Trinajstić information content (AvgIpc) is 2.97. The van der Waals surface area contributed by atoms with Gasteiger partial charge in [0.1, 0.15) is 17.3 Å². The summed E-state index contributed by atoms with van der Waals surface area (Å²) in [5.41, 5.74) is 5.11. The minimum atomic E-state index is -0.574. The fourth-order valence-electron chi connectivity index (χ4n) is 2.50. The topological polar surface area (TPSA) is 139 Å². The Morgan fingerprint density at radius 3 is 2.81 bits per heavy atom. The van der Waals surface area contributed by atoms with E-state index in [0.717, 1.165) is 12.8 Å². The van der Waals surface area contributed by atoms with Crippen LogP contribution in [0.3, 0.4) is 0 Å². The van der Waals surface area contributed by atoms with E-state index in [4.69, 9.17) is 10.3 Å². The van der Waals surface area contributed by atoms with Crippen molar-refractivity contribution >= 4 is 23.2 Å². The highest BCUT2D eigenvalue weighted by molar-refractivity contribution is 5.90. The van der Waals surface area contributed by atoms with Crippen molar-refractivity contribution in [1.82, 2.24) is 14.7 Å². The van der Waals surface area contributed by atoms with E-state index in [1.165, 1.54) is 4.57 Å². The van der Waals surface area contributed by atoms with Gasteiger partial charge in [-0.05, 0) is 13.3 Å². The Kier molecular flexibility index (Phi) is 6.21. The molecule has 2 aromatic heterocycles. The molecule has 0 fully saturated rings. The van der Waals surface area contributed by atoms with Crippen LogP contribution in [0.25, 0.3) is 0 Å². The fraction of sp³-hybridized carbons (Fsp3) is 0.500. The second-order valence-corrected chi connectivity index (χ2v) is 6.04. The molecule has 0 spiro atoms. The number of nitrogens with two attached hydrogens (primary N) is 1. The van der Waals surface area contributed by atoms with E-state index in [0.29, 0.717) is 18.1 Å². The van der Waals surface area contributed by atoms with Crippen molar-refractivity contribution in [3.8, 4) is 0 Å². The maximum atomic E-state index is 12.2. The number of unbranched alkanes of at least 4 members (excludes halogenated alkanes) is 1. The van der Waals surface area contributed by atoms with E-state index in [1.807, 2.05) is 6.92 Å². The van der Waals surface area contributed by atoms with Crippen LogP contribution >= 0.6 is 0 Å². The molecule has 0 aliphatic heterocycles. The Bertz CT molecular complexity index is 882. The third-order valence-corrected chi connectivity index (χ3v) is 3.90. The number of nitrogens with one attached hydrogen (secondary N) is 2. The van der Waals surface area contributed by atoms with Gasteiger partial charge in [0.25, 0.3) is 5.56 Å². The molecule has 10 heteroatoms. The number of carbonyl (C=O) groups is 1. The lowest BCUT2D eigenvalue weighted by molar-refractivity contribution is -0.116. The maximum Gasteiger partial charge on any atom is 0.330 e. The Morgan fingerprint density at radius 1 is 1.46 bits per heavy atom. The average molecular weight is 364 g/mol. The number of aryl methyl sites for hydroxylation is 1. The number of anilines is 3. The van der Waals surface area contributed by atoms with E-state index in [9.17, 15) is 14.4 Å². The van der Waals surface area contributed by atoms with Crippen LogP contribution in [0.1, 0.15) is 31.9 Å². The van der Waals surface area contributed by atoms with Crippen molar-refractivity contribution in [3.63, 3.8) is 0 Å². The summed E-state index contributed by atoms with van der Waals surface area (Å²) in [5, 5.41) is 6.29. The van der Waals surface area contributed by atoms with Crippen molar-refractivity contribution in [2.75, 3.05) is 29.5 Å². The zero-order valence-corrected chi connectivity index (χ0v) is 15.2. The highest BCUT2D eigenvalue weighted by atomic mass is 16.5. The number of H-pyrrole nitrogens is 1. The van der Waals surface area contributed by atoms with Crippen LogP contribution in [0, 0.1) is 6.92 Å². The first-order valence-electron chi connectivity index (χ1n) is 8.40. The van der Waals surface area contributed by atoms with Gasteiger partial charge in [0.15, 0.2) is 5.82 Å². The van der Waals surface area contributed by atoms with Crippen molar-refractivity contribution < 1.29 is 9.32 Å². The molecule has 142 valence electrons. The summed E-state index contributed by atoms with van der Waals surface area (Å²) in [7, 11) is 1.64. The number of nitrogen functional groups attached to an aromatic ring is 1. The van der Waals surface area contributed by atoms with E-state index >= 15 is 0 Å². The summed E-state index contributed by atoms with van der Waals surface area (Å²) in [5.74, 6) is 0.744. The number of carbonyl (C=O) groups excluding carboxylic acids is 1. The van der Waals surface area contributed by atoms with Crippen molar-refractivity contribution in [2.24, 2.45) is 0 Å². The van der Waals surface area contributed by atoms with Gasteiger partial charge in [0, 0.05) is 32.6 Å². The van der Waals surface area contributed by atoms with Crippen LogP contribution in [0.5, 0.6) is 0 Å². The highest BCUT2D eigenvalue weighted by Crippen LogP contribution is 2.16. The molecular formula is C16H24N6O4. The molecule has 0 atom stereocenters. The number of rotatable bonds is 8. The molecule has 4 N–H and O–H groups in total. The SMILES string of the molecule is CCCCn1c(N)c(N(C)CCC(=O)Nc2cc(C)on2)c(=O)[nH]c1=O. The number of aromatic amines is 1. The summed E-state index contributed by atoms with van der Waals surface area (Å²) < 4.78 is 6.22. The number of nitrogens with zero attached hydrogens (tertiary/aromatic N) is 3. The van der Waals surface area contributed by atoms with Gasteiger partial charge in [0.05, 0.1) is 0 Å². The first-order chi connectivity index (χ1) is 12.3. The van der Waals surface area contributed by atoms with Gasteiger partial charge in [0.2, 0.25) is 5.91 Å². The van der Waals surface area contributed by atoms with Crippen molar-refractivity contribution in [3.05, 3.63) is 32.7 Å². The molecule has 0 aromatic carbocycles. The lowest BCUT2D eigenvalue weighted by atomic mass is 10.3. The number of hydrogen-bond donors (Lipinski definition) is 3. The second kappa shape index (κ2) is 8.37. The molecule has 0 saturated carbocycles. The van der Waals surface area contributed by atoms with Crippen molar-refractivity contribution in [1.29, 1.82) is 0 Å². The van der Waals surface area contributed by atoms with Gasteiger partial charge in [-0.15, -0.1) is 0 Å². The third-order valence-electron chi connectivity index (χ3n) is 3.90. The van der Waals surface area contributed by atoms with Crippen LogP contribution < -0.4 is 27.2 Å². The Hall–Kier alpha value is -3.04. The van der Waals surface area contributed by atoms with Gasteiger partial charge in [-0.25, -0.2) is 4.79 Å². The van der Waals surface area contributed by atoms with E-state index in [2.05, 4.69) is 15.5 Å². The normalized spacial score (nSPS) is 10.7. The van der Waals surface area contributed by atoms with Crippen LogP contribution in [0.4, 0.5) is 17.3 Å². The Labute approximate surface area is 150 Å². The highest BCUT2D eigenvalue weighted by Gasteiger charge is 2.17. The number of hydrogen-bond acceptors (Lipinski definition) is 7. The molecule has 0 bridgehead atoms. The molecule has 2 aromatic rings. The molecule has 0 saturated heterocycles. The monoisotopic (exact) mass is 364 g/mol. The molecule has 10 nitrogen and oxygen atoms in total. The minimum Gasteiger partial charge on any atom is -0.383 e. The smallest absolute Gasteiger partial charge is 0.330 e. The molecule has 2 heterocycles. The molecule has 0 aliphatic carbocycles. The van der Waals surface area contributed by atoms with E-state index in [1.54, 1.807) is 24.9 Å². The summed E-state index contributed by atoms with van der Waals surface area (Å²) in [4.78, 5) is 39.9. The minimum absolute atomic E-state index is 0.0993. The van der Waals surface area contributed by atoms with Crippen LogP contribution in [0.2, 0.25) is 0 Å². The van der Waals surface area contributed by atoms with E-state index < -0.39 is 11.2 Å². The van der Waals surface area contributed by atoms with Gasteiger partial charge in [-0.1, -0.05) is 18.5 Å². The largest absolute Gasteiger partial charge is 0.383 e. The molecule has 2 rings (SSSR count). The molecular weight excluding hydrogens is 340 g/mol. The second-order valence-electron chi connectivity index (χ2n) is 6.04. The van der Waals surface area contributed by atoms with Crippen LogP contribution in [-0.4, -0.2) is 34.2 Å². The quantitative estimate of drug-likeness (QED) is 0.626. The first-order valence-corrected chi connectivity index (χ1v) is 8.40. The zero-order valence-electron chi connectivity index (χ0n) is 15.2. The fourth-order valence-corrected chi connectivity index (χ4v) is 2.50. The summed E-state index contributed by atoms with van der Waals surface area (Å²) >= 11 is 0. The molecule has 0 unspecified atom stereocenters.